The van der Waals surface area contributed by atoms with E-state index in [0.29, 0.717) is 29.4 Å². The number of hydrogen-bond donors (Lipinski definition) is 2. The third-order valence-corrected chi connectivity index (χ3v) is 4.74. The molecule has 2 aromatic heterocycles. The fraction of sp³-hybridized carbons (Fsp3) is 0.200. The highest BCUT2D eigenvalue weighted by atomic mass is 19.1. The maximum absolute atomic E-state index is 13.3. The molecule has 9 heteroatoms. The summed E-state index contributed by atoms with van der Waals surface area (Å²) in [7, 11) is 1.81. The summed E-state index contributed by atoms with van der Waals surface area (Å²) < 4.78 is 16.6. The third-order valence-electron chi connectivity index (χ3n) is 4.74. The summed E-state index contributed by atoms with van der Waals surface area (Å²) in [6.07, 6.45) is 3.74. The predicted molar refractivity (Wildman–Crippen MR) is 110 cm³/mol. The normalized spacial score (nSPS) is 13.9. The largest absolute Gasteiger partial charge is 0.504 e. The zero-order valence-corrected chi connectivity index (χ0v) is 16.3. The van der Waals surface area contributed by atoms with Crippen molar-refractivity contribution in [3.8, 4) is 17.0 Å². The van der Waals surface area contributed by atoms with E-state index in [4.69, 9.17) is 5.73 Å². The fourth-order valence-electron chi connectivity index (χ4n) is 3.33. The lowest BCUT2D eigenvalue weighted by Crippen LogP contribution is -2.11. The van der Waals surface area contributed by atoms with E-state index < -0.39 is 0 Å². The van der Waals surface area contributed by atoms with Crippen LogP contribution in [0.5, 0.6) is 5.75 Å². The quantitative estimate of drug-likeness (QED) is 0.698. The van der Waals surface area contributed by atoms with Gasteiger partial charge in [-0.05, 0) is 38.1 Å². The molecule has 0 aliphatic carbocycles. The second-order valence-corrected chi connectivity index (χ2v) is 6.77. The van der Waals surface area contributed by atoms with Gasteiger partial charge in [-0.3, -0.25) is 4.68 Å². The van der Waals surface area contributed by atoms with Gasteiger partial charge >= 0.3 is 0 Å². The summed E-state index contributed by atoms with van der Waals surface area (Å²) in [6.45, 7) is 3.46. The number of aromatic nitrogens is 4. The topological polar surface area (TPSA) is 107 Å². The molecule has 3 aromatic rings. The number of rotatable bonds is 2. The lowest BCUT2D eigenvalue weighted by Gasteiger charge is -2.06. The van der Waals surface area contributed by atoms with E-state index in [-0.39, 0.29) is 17.4 Å². The van der Waals surface area contributed by atoms with Crippen molar-refractivity contribution in [2.24, 2.45) is 22.8 Å². The Hall–Kier alpha value is -3.75. The van der Waals surface area contributed by atoms with Crippen molar-refractivity contribution in [1.29, 1.82) is 0 Å². The summed E-state index contributed by atoms with van der Waals surface area (Å²) in [4.78, 5) is 8.95. The van der Waals surface area contributed by atoms with Crippen LogP contribution in [0.25, 0.3) is 17.1 Å². The minimum absolute atomic E-state index is 0.112. The summed E-state index contributed by atoms with van der Waals surface area (Å²) in [5, 5.41) is 18.9. The van der Waals surface area contributed by atoms with Gasteiger partial charge in [0, 0.05) is 36.9 Å². The first-order valence-electron chi connectivity index (χ1n) is 9.01. The molecule has 4 rings (SSSR count). The summed E-state index contributed by atoms with van der Waals surface area (Å²) in [6, 6.07) is 6.22. The van der Waals surface area contributed by atoms with E-state index in [1.807, 2.05) is 0 Å². The van der Waals surface area contributed by atoms with Gasteiger partial charge in [0.15, 0.2) is 17.4 Å². The van der Waals surface area contributed by atoms with Crippen LogP contribution in [0.3, 0.4) is 0 Å². The molecule has 1 aliphatic rings. The number of fused-ring (bicyclic) bond motifs is 1. The van der Waals surface area contributed by atoms with E-state index in [9.17, 15) is 9.50 Å². The molecule has 0 radical (unpaired) electrons. The summed E-state index contributed by atoms with van der Waals surface area (Å²) in [5.41, 5.74) is 9.65. The SMILES string of the molecule is Cc1nn(C2=CC(N)=Nc3nn(C)c(-c4ccc(F)cc4)c3CC=N2)c(C)c1O. The maximum Gasteiger partial charge on any atom is 0.180 e. The Bertz CT molecular complexity index is 1180. The maximum atomic E-state index is 13.3. The molecule has 0 atom stereocenters. The molecule has 0 saturated carbocycles. The molecule has 148 valence electrons. The second kappa shape index (κ2) is 7.01. The van der Waals surface area contributed by atoms with E-state index in [0.717, 1.165) is 16.8 Å². The standard InChI is InChI=1S/C20H20FN7O/c1-11-19(29)12(2)28(25-11)17-10-16(22)24-20-15(8-9-23-17)18(27(3)26-20)13-4-6-14(21)7-5-13/h4-7,9-10,29H,8H2,1-3H3,(H2,22,24,26). The number of hydrogen-bond acceptors (Lipinski definition) is 6. The Morgan fingerprint density at radius 2 is 1.86 bits per heavy atom. The highest BCUT2D eigenvalue weighted by molar-refractivity contribution is 5.98. The van der Waals surface area contributed by atoms with E-state index in [2.05, 4.69) is 20.2 Å². The van der Waals surface area contributed by atoms with Gasteiger partial charge < -0.3 is 10.8 Å². The van der Waals surface area contributed by atoms with Crippen LogP contribution in [0.4, 0.5) is 10.2 Å². The average molecular weight is 393 g/mol. The van der Waals surface area contributed by atoms with Crippen molar-refractivity contribution in [3.05, 3.63) is 53.1 Å². The van der Waals surface area contributed by atoms with Crippen LogP contribution < -0.4 is 5.73 Å². The second-order valence-electron chi connectivity index (χ2n) is 6.77. The van der Waals surface area contributed by atoms with Gasteiger partial charge in [0.05, 0.1) is 11.4 Å². The molecule has 29 heavy (non-hydrogen) atoms. The Morgan fingerprint density at radius 3 is 2.52 bits per heavy atom. The van der Waals surface area contributed by atoms with Crippen LogP contribution in [-0.2, 0) is 13.5 Å². The molecule has 0 saturated heterocycles. The molecule has 1 aliphatic heterocycles. The zero-order valence-electron chi connectivity index (χ0n) is 16.3. The van der Waals surface area contributed by atoms with Gasteiger partial charge in [-0.25, -0.2) is 19.1 Å². The molecule has 0 bridgehead atoms. The molecule has 0 amide bonds. The van der Waals surface area contributed by atoms with Crippen LogP contribution in [0, 0.1) is 19.7 Å². The Kier molecular flexibility index (Phi) is 4.50. The van der Waals surface area contributed by atoms with Crippen LogP contribution in [0.1, 0.15) is 17.0 Å². The van der Waals surface area contributed by atoms with Gasteiger partial charge in [-0.1, -0.05) is 0 Å². The van der Waals surface area contributed by atoms with Gasteiger partial charge in [-0.2, -0.15) is 10.2 Å². The Balaban J connectivity index is 1.80. The van der Waals surface area contributed by atoms with Crippen molar-refractivity contribution in [2.45, 2.75) is 20.3 Å². The monoisotopic (exact) mass is 393 g/mol. The highest BCUT2D eigenvalue weighted by Crippen LogP contribution is 2.32. The van der Waals surface area contributed by atoms with Crippen LogP contribution in [-0.4, -0.2) is 36.7 Å². The molecule has 0 spiro atoms. The number of nitrogens with zero attached hydrogens (tertiary/aromatic N) is 6. The molecular formula is C20H20FN7O. The Labute approximate surface area is 166 Å². The first-order chi connectivity index (χ1) is 13.8. The van der Waals surface area contributed by atoms with E-state index in [1.165, 1.54) is 16.8 Å². The number of halogens is 1. The highest BCUT2D eigenvalue weighted by Gasteiger charge is 2.19. The van der Waals surface area contributed by atoms with Crippen LogP contribution in [0.2, 0.25) is 0 Å². The number of nitrogens with two attached hydrogens (primary N) is 1. The van der Waals surface area contributed by atoms with Crippen molar-refractivity contribution < 1.29 is 9.50 Å². The van der Waals surface area contributed by atoms with Gasteiger partial charge in [0.25, 0.3) is 0 Å². The van der Waals surface area contributed by atoms with Crippen LogP contribution >= 0.6 is 0 Å². The molecule has 0 fully saturated rings. The van der Waals surface area contributed by atoms with Crippen molar-refractivity contribution in [2.75, 3.05) is 0 Å². The minimum Gasteiger partial charge on any atom is -0.504 e. The smallest absolute Gasteiger partial charge is 0.180 e. The summed E-state index contributed by atoms with van der Waals surface area (Å²) >= 11 is 0. The number of benzene rings is 1. The minimum atomic E-state index is -0.304. The Morgan fingerprint density at radius 1 is 1.14 bits per heavy atom. The summed E-state index contributed by atoms with van der Waals surface area (Å²) in [5.74, 6) is 0.924. The van der Waals surface area contributed by atoms with Crippen molar-refractivity contribution in [3.63, 3.8) is 0 Å². The molecule has 3 N–H and O–H groups in total. The third kappa shape index (κ3) is 3.31. The number of aliphatic imine (C=N–C) groups is 2. The van der Waals surface area contributed by atoms with Gasteiger partial charge in [-0.15, -0.1) is 0 Å². The lowest BCUT2D eigenvalue weighted by atomic mass is 10.1. The molecule has 0 unspecified atom stereocenters. The van der Waals surface area contributed by atoms with Gasteiger partial charge in [0.1, 0.15) is 17.3 Å². The van der Waals surface area contributed by atoms with Crippen LogP contribution in [0.15, 0.2) is 40.3 Å². The molecule has 1 aromatic carbocycles. The number of aromatic hydroxyl groups is 1. The number of amidine groups is 1. The molecule has 8 nitrogen and oxygen atoms in total. The van der Waals surface area contributed by atoms with Crippen molar-refractivity contribution in [1.82, 2.24) is 19.6 Å². The first-order valence-corrected chi connectivity index (χ1v) is 9.01. The van der Waals surface area contributed by atoms with E-state index in [1.54, 1.807) is 50.0 Å². The zero-order chi connectivity index (χ0) is 20.7. The fourth-order valence-corrected chi connectivity index (χ4v) is 3.33. The van der Waals surface area contributed by atoms with Gasteiger partial charge in [0.2, 0.25) is 0 Å². The number of aryl methyl sites for hydroxylation is 2. The first kappa shape index (κ1) is 18.6. The molecular weight excluding hydrogens is 373 g/mol. The lowest BCUT2D eigenvalue weighted by molar-refractivity contribution is 0.466. The average Bonchev–Trinajstić information content (AvgIpc) is 3.14. The van der Waals surface area contributed by atoms with Crippen molar-refractivity contribution >= 4 is 23.7 Å². The predicted octanol–water partition coefficient (Wildman–Crippen LogP) is 2.86. The molecule has 3 heterocycles. The van der Waals surface area contributed by atoms with E-state index >= 15 is 0 Å².